The van der Waals surface area contributed by atoms with Crippen molar-refractivity contribution in [3.8, 4) is 5.75 Å². The molecule has 0 heterocycles. The first-order valence-corrected chi connectivity index (χ1v) is 7.30. The van der Waals surface area contributed by atoms with Crippen LogP contribution in [0.4, 0.5) is 11.4 Å². The number of nitro benzene ring substituents is 1. The van der Waals surface area contributed by atoms with E-state index in [1.807, 2.05) is 0 Å². The molecule has 2 rings (SSSR count). The summed E-state index contributed by atoms with van der Waals surface area (Å²) in [4.78, 5) is 22.5. The fraction of sp³-hybridized carbons (Fsp3) is 0.133. The number of ether oxygens (including phenoxy) is 1. The van der Waals surface area contributed by atoms with Gasteiger partial charge in [0.1, 0.15) is 11.4 Å². The zero-order valence-electron chi connectivity index (χ0n) is 12.0. The van der Waals surface area contributed by atoms with Gasteiger partial charge in [-0.1, -0.05) is 35.3 Å². The first kappa shape index (κ1) is 17.1. The molecule has 2 aromatic carbocycles. The number of nitrogens with zero attached hydrogens (tertiary/aromatic N) is 1. The Bertz CT molecular complexity index is 752. The molecule has 0 aliphatic rings. The molecular formula is C15H12Cl2N2O4. The van der Waals surface area contributed by atoms with Crippen LogP contribution < -0.4 is 10.1 Å². The van der Waals surface area contributed by atoms with Gasteiger partial charge in [0.25, 0.3) is 11.6 Å². The molecule has 0 bridgehead atoms. The highest BCUT2D eigenvalue weighted by Gasteiger charge is 2.20. The number of carbonyl (C=O) groups is 1. The molecule has 0 aliphatic carbocycles. The van der Waals surface area contributed by atoms with E-state index in [1.165, 1.54) is 31.2 Å². The normalized spacial score (nSPS) is 11.6. The van der Waals surface area contributed by atoms with E-state index in [0.29, 0.717) is 10.8 Å². The number of nitro groups is 1. The third kappa shape index (κ3) is 4.34. The average Bonchev–Trinajstić information content (AvgIpc) is 2.50. The summed E-state index contributed by atoms with van der Waals surface area (Å²) in [5.41, 5.74) is -0.0993. The Morgan fingerprint density at radius 1 is 1.26 bits per heavy atom. The highest BCUT2D eigenvalue weighted by molar-refractivity contribution is 6.35. The molecule has 23 heavy (non-hydrogen) atoms. The Hall–Kier alpha value is -2.31. The quantitative estimate of drug-likeness (QED) is 0.640. The van der Waals surface area contributed by atoms with E-state index in [2.05, 4.69) is 5.32 Å². The first-order chi connectivity index (χ1) is 10.9. The lowest BCUT2D eigenvalue weighted by atomic mass is 10.2. The van der Waals surface area contributed by atoms with Gasteiger partial charge in [0, 0.05) is 11.1 Å². The zero-order valence-corrected chi connectivity index (χ0v) is 13.5. The van der Waals surface area contributed by atoms with Crippen molar-refractivity contribution < 1.29 is 14.5 Å². The summed E-state index contributed by atoms with van der Waals surface area (Å²) in [6.45, 7) is 1.51. The molecule has 0 spiro atoms. The van der Waals surface area contributed by atoms with Gasteiger partial charge in [0.15, 0.2) is 6.10 Å². The molecule has 8 heteroatoms. The maximum absolute atomic E-state index is 12.1. The molecule has 1 N–H and O–H groups in total. The number of hydrogen-bond donors (Lipinski definition) is 1. The SMILES string of the molecule is CC(Oc1ccc(Cl)cc1Cl)C(=O)Nc1ccccc1[N+](=O)[O-]. The number of carbonyl (C=O) groups excluding carboxylic acids is 1. The average molecular weight is 355 g/mol. The summed E-state index contributed by atoms with van der Waals surface area (Å²) >= 11 is 11.8. The second-order valence-electron chi connectivity index (χ2n) is 4.60. The van der Waals surface area contributed by atoms with E-state index in [-0.39, 0.29) is 16.4 Å². The summed E-state index contributed by atoms with van der Waals surface area (Å²) in [5, 5.41) is 14.1. The number of rotatable bonds is 5. The molecule has 0 aliphatic heterocycles. The molecule has 0 saturated heterocycles. The topological polar surface area (TPSA) is 81.5 Å². The number of nitrogens with one attached hydrogen (secondary N) is 1. The van der Waals surface area contributed by atoms with Crippen LogP contribution in [0, 0.1) is 10.1 Å². The second kappa shape index (κ2) is 7.30. The molecule has 2 aromatic rings. The molecule has 1 atom stereocenters. The van der Waals surface area contributed by atoms with Gasteiger partial charge >= 0.3 is 0 Å². The second-order valence-corrected chi connectivity index (χ2v) is 5.44. The largest absolute Gasteiger partial charge is 0.479 e. The zero-order chi connectivity index (χ0) is 17.0. The summed E-state index contributed by atoms with van der Waals surface area (Å²) in [6, 6.07) is 10.5. The van der Waals surface area contributed by atoms with Crippen molar-refractivity contribution in [2.45, 2.75) is 13.0 Å². The first-order valence-electron chi connectivity index (χ1n) is 6.54. The lowest BCUT2D eigenvalue weighted by molar-refractivity contribution is -0.383. The van der Waals surface area contributed by atoms with Crippen molar-refractivity contribution >= 4 is 40.5 Å². The van der Waals surface area contributed by atoms with E-state index in [0.717, 1.165) is 0 Å². The van der Waals surface area contributed by atoms with Gasteiger partial charge in [0.2, 0.25) is 0 Å². The van der Waals surface area contributed by atoms with E-state index >= 15 is 0 Å². The smallest absolute Gasteiger partial charge is 0.292 e. The Kier molecular flexibility index (Phi) is 5.41. The van der Waals surface area contributed by atoms with Gasteiger partial charge in [0.05, 0.1) is 9.95 Å². The maximum Gasteiger partial charge on any atom is 0.292 e. The molecular weight excluding hydrogens is 343 g/mol. The van der Waals surface area contributed by atoms with Crippen LogP contribution in [0.1, 0.15) is 6.92 Å². The Morgan fingerprint density at radius 3 is 2.61 bits per heavy atom. The lowest BCUT2D eigenvalue weighted by Crippen LogP contribution is -2.30. The molecule has 120 valence electrons. The Labute approximate surface area is 142 Å². The third-order valence-corrected chi connectivity index (χ3v) is 3.46. The van der Waals surface area contributed by atoms with Crippen LogP contribution in [0.2, 0.25) is 10.0 Å². The van der Waals surface area contributed by atoms with Crippen molar-refractivity contribution in [3.05, 3.63) is 62.6 Å². The van der Waals surface area contributed by atoms with Crippen molar-refractivity contribution in [1.82, 2.24) is 0 Å². The fourth-order valence-corrected chi connectivity index (χ4v) is 2.24. The van der Waals surface area contributed by atoms with Gasteiger partial charge < -0.3 is 10.1 Å². The molecule has 1 amide bonds. The Morgan fingerprint density at radius 2 is 1.96 bits per heavy atom. The lowest BCUT2D eigenvalue weighted by Gasteiger charge is -2.15. The predicted molar refractivity (Wildman–Crippen MR) is 88.3 cm³/mol. The molecule has 0 aromatic heterocycles. The van der Waals surface area contributed by atoms with Crippen LogP contribution in [0.5, 0.6) is 5.75 Å². The summed E-state index contributed by atoms with van der Waals surface area (Å²) in [7, 11) is 0. The van der Waals surface area contributed by atoms with Crippen LogP contribution in [0.3, 0.4) is 0 Å². The summed E-state index contributed by atoms with van der Waals surface area (Å²) in [6.07, 6.45) is -0.909. The van der Waals surface area contributed by atoms with Gasteiger partial charge in [-0.05, 0) is 31.2 Å². The van der Waals surface area contributed by atoms with E-state index < -0.39 is 16.9 Å². The number of anilines is 1. The van der Waals surface area contributed by atoms with Gasteiger partial charge in [-0.25, -0.2) is 0 Å². The number of benzene rings is 2. The van der Waals surface area contributed by atoms with Crippen molar-refractivity contribution in [1.29, 1.82) is 0 Å². The fourth-order valence-electron chi connectivity index (χ4n) is 1.79. The number of para-hydroxylation sites is 2. The van der Waals surface area contributed by atoms with Crippen molar-refractivity contribution in [2.24, 2.45) is 0 Å². The molecule has 6 nitrogen and oxygen atoms in total. The third-order valence-electron chi connectivity index (χ3n) is 2.93. The van der Waals surface area contributed by atoms with Crippen molar-refractivity contribution in [3.63, 3.8) is 0 Å². The molecule has 0 radical (unpaired) electrons. The molecule has 0 saturated carbocycles. The van der Waals surface area contributed by atoms with Crippen LogP contribution in [0.15, 0.2) is 42.5 Å². The minimum Gasteiger partial charge on any atom is -0.479 e. The number of halogens is 2. The summed E-state index contributed by atoms with van der Waals surface area (Å²) < 4.78 is 5.46. The van der Waals surface area contributed by atoms with Crippen LogP contribution in [0.25, 0.3) is 0 Å². The van der Waals surface area contributed by atoms with E-state index in [1.54, 1.807) is 18.2 Å². The maximum atomic E-state index is 12.1. The van der Waals surface area contributed by atoms with Gasteiger partial charge in [-0.3, -0.25) is 14.9 Å². The van der Waals surface area contributed by atoms with Crippen LogP contribution in [-0.4, -0.2) is 16.9 Å². The summed E-state index contributed by atoms with van der Waals surface area (Å²) in [5.74, 6) is -0.244. The highest BCUT2D eigenvalue weighted by Crippen LogP contribution is 2.29. The molecule has 1 unspecified atom stereocenters. The van der Waals surface area contributed by atoms with Crippen molar-refractivity contribution in [2.75, 3.05) is 5.32 Å². The highest BCUT2D eigenvalue weighted by atomic mass is 35.5. The molecule has 0 fully saturated rings. The van der Waals surface area contributed by atoms with Crippen LogP contribution >= 0.6 is 23.2 Å². The van der Waals surface area contributed by atoms with Crippen LogP contribution in [-0.2, 0) is 4.79 Å². The van der Waals surface area contributed by atoms with E-state index in [4.69, 9.17) is 27.9 Å². The monoisotopic (exact) mass is 354 g/mol. The Balaban J connectivity index is 2.10. The number of amides is 1. The minimum absolute atomic E-state index is 0.0974. The number of hydrogen-bond acceptors (Lipinski definition) is 4. The standard InChI is InChI=1S/C15H12Cl2N2O4/c1-9(23-14-7-6-10(16)8-11(14)17)15(20)18-12-4-2-3-5-13(12)19(21)22/h2-9H,1H3,(H,18,20). The van der Waals surface area contributed by atoms with E-state index in [9.17, 15) is 14.9 Å². The minimum atomic E-state index is -0.909. The predicted octanol–water partition coefficient (Wildman–Crippen LogP) is 4.31. The van der Waals surface area contributed by atoms with Gasteiger partial charge in [-0.15, -0.1) is 0 Å². The van der Waals surface area contributed by atoms with Gasteiger partial charge in [-0.2, -0.15) is 0 Å².